The van der Waals surface area contributed by atoms with Crippen molar-refractivity contribution in [3.05, 3.63) is 53.0 Å². The molecule has 2 rings (SSSR count). The first kappa shape index (κ1) is 17.6. The van der Waals surface area contributed by atoms with Crippen molar-refractivity contribution in [1.82, 2.24) is 5.32 Å². The summed E-state index contributed by atoms with van der Waals surface area (Å²) in [5, 5.41) is 11.6. The predicted molar refractivity (Wildman–Crippen MR) is 88.4 cm³/mol. The van der Waals surface area contributed by atoms with Gasteiger partial charge in [-0.05, 0) is 31.9 Å². The van der Waals surface area contributed by atoms with Gasteiger partial charge in [-0.25, -0.2) is 0 Å². The van der Waals surface area contributed by atoms with E-state index in [1.54, 1.807) is 6.92 Å². The van der Waals surface area contributed by atoms with Crippen LogP contribution in [0.15, 0.2) is 34.9 Å². The Bertz CT molecular complexity index is 720. The maximum absolute atomic E-state index is 12.2. The van der Waals surface area contributed by atoms with E-state index in [2.05, 4.69) is 5.32 Å². The van der Waals surface area contributed by atoms with Crippen LogP contribution in [0.5, 0.6) is 5.75 Å². The summed E-state index contributed by atoms with van der Waals surface area (Å²) in [4.78, 5) is 23.0. The average Bonchev–Trinajstić information content (AvgIpc) is 2.88. The lowest BCUT2D eigenvalue weighted by atomic mass is 10.1. The molecule has 2 N–H and O–H groups in total. The Kier molecular flexibility index (Phi) is 6.01. The summed E-state index contributed by atoms with van der Waals surface area (Å²) in [6.45, 7) is 4.60. The van der Waals surface area contributed by atoms with Gasteiger partial charge in [-0.2, -0.15) is 0 Å². The summed E-state index contributed by atoms with van der Waals surface area (Å²) >= 11 is 0. The first-order chi connectivity index (χ1) is 11.5. The molecule has 0 bridgehead atoms. The first-order valence-corrected chi connectivity index (χ1v) is 7.74. The van der Waals surface area contributed by atoms with Crippen LogP contribution in [0.25, 0.3) is 0 Å². The Labute approximate surface area is 140 Å². The SMILES string of the molecule is Cc1ccccc1OCCCNC(=O)c1c(C)coc1CC(=O)O. The van der Waals surface area contributed by atoms with Gasteiger partial charge in [0.1, 0.15) is 17.9 Å². The molecule has 0 unspecified atom stereocenters. The third kappa shape index (κ3) is 4.62. The van der Waals surface area contributed by atoms with E-state index in [-0.39, 0.29) is 18.1 Å². The number of ether oxygens (including phenoxy) is 1. The lowest BCUT2D eigenvalue weighted by Gasteiger charge is -2.09. The number of nitrogens with one attached hydrogen (secondary N) is 1. The maximum atomic E-state index is 12.2. The monoisotopic (exact) mass is 331 g/mol. The number of aliphatic carboxylic acids is 1. The molecule has 0 saturated heterocycles. The molecule has 1 aromatic carbocycles. The molecule has 1 heterocycles. The molecule has 24 heavy (non-hydrogen) atoms. The van der Waals surface area contributed by atoms with Crippen molar-refractivity contribution >= 4 is 11.9 Å². The van der Waals surface area contributed by atoms with Crippen LogP contribution in [0, 0.1) is 13.8 Å². The van der Waals surface area contributed by atoms with Crippen LogP contribution in [0.4, 0.5) is 0 Å². The number of aryl methyl sites for hydroxylation is 2. The largest absolute Gasteiger partial charge is 0.493 e. The summed E-state index contributed by atoms with van der Waals surface area (Å²) in [6, 6.07) is 7.74. The zero-order chi connectivity index (χ0) is 17.5. The maximum Gasteiger partial charge on any atom is 0.311 e. The number of carbonyl (C=O) groups excluding carboxylic acids is 1. The summed E-state index contributed by atoms with van der Waals surface area (Å²) < 4.78 is 10.8. The van der Waals surface area contributed by atoms with Gasteiger partial charge >= 0.3 is 5.97 Å². The molecule has 1 amide bonds. The fourth-order valence-corrected chi connectivity index (χ4v) is 2.33. The van der Waals surface area contributed by atoms with Crippen LogP contribution in [0.2, 0.25) is 0 Å². The third-order valence-electron chi connectivity index (χ3n) is 3.55. The zero-order valence-corrected chi connectivity index (χ0v) is 13.8. The number of hydrogen-bond donors (Lipinski definition) is 2. The minimum absolute atomic E-state index is 0.175. The number of carboxylic acids is 1. The number of furan rings is 1. The van der Waals surface area contributed by atoms with Crippen molar-refractivity contribution < 1.29 is 23.8 Å². The second-order valence-electron chi connectivity index (χ2n) is 5.51. The Morgan fingerprint density at radius 2 is 1.96 bits per heavy atom. The van der Waals surface area contributed by atoms with Crippen LogP contribution in [0.1, 0.15) is 33.7 Å². The van der Waals surface area contributed by atoms with Crippen LogP contribution < -0.4 is 10.1 Å². The van der Waals surface area contributed by atoms with E-state index in [4.69, 9.17) is 14.3 Å². The minimum Gasteiger partial charge on any atom is -0.493 e. The van der Waals surface area contributed by atoms with Gasteiger partial charge < -0.3 is 19.6 Å². The molecule has 2 aromatic rings. The summed E-state index contributed by atoms with van der Waals surface area (Å²) in [7, 11) is 0. The van der Waals surface area contributed by atoms with Gasteiger partial charge in [0.25, 0.3) is 5.91 Å². The Morgan fingerprint density at radius 1 is 1.21 bits per heavy atom. The third-order valence-corrected chi connectivity index (χ3v) is 3.55. The van der Waals surface area contributed by atoms with E-state index in [1.165, 1.54) is 6.26 Å². The molecule has 0 saturated carbocycles. The number of benzene rings is 1. The van der Waals surface area contributed by atoms with Crippen LogP contribution >= 0.6 is 0 Å². The van der Waals surface area contributed by atoms with Crippen molar-refractivity contribution in [2.75, 3.05) is 13.2 Å². The van der Waals surface area contributed by atoms with Gasteiger partial charge in [0.05, 0.1) is 18.4 Å². The van der Waals surface area contributed by atoms with Crippen molar-refractivity contribution in [2.24, 2.45) is 0 Å². The van der Waals surface area contributed by atoms with Crippen LogP contribution in [0.3, 0.4) is 0 Å². The summed E-state index contributed by atoms with van der Waals surface area (Å²) in [5.74, 6) is -0.356. The average molecular weight is 331 g/mol. The molecular weight excluding hydrogens is 310 g/mol. The lowest BCUT2D eigenvalue weighted by molar-refractivity contribution is -0.136. The summed E-state index contributed by atoms with van der Waals surface area (Å²) in [6.07, 6.45) is 1.73. The molecule has 6 heteroatoms. The van der Waals surface area contributed by atoms with Gasteiger partial charge in [0.15, 0.2) is 0 Å². The van der Waals surface area contributed by atoms with Crippen molar-refractivity contribution in [1.29, 1.82) is 0 Å². The van der Waals surface area contributed by atoms with Gasteiger partial charge in [-0.3, -0.25) is 9.59 Å². The molecule has 0 aliphatic rings. The van der Waals surface area contributed by atoms with Crippen molar-refractivity contribution in [3.8, 4) is 5.75 Å². The molecule has 128 valence electrons. The highest BCUT2D eigenvalue weighted by Crippen LogP contribution is 2.18. The second-order valence-corrected chi connectivity index (χ2v) is 5.51. The topological polar surface area (TPSA) is 88.8 Å². The van der Waals surface area contributed by atoms with Crippen molar-refractivity contribution in [3.63, 3.8) is 0 Å². The predicted octanol–water partition coefficient (Wildman–Crippen LogP) is 2.72. The lowest BCUT2D eigenvalue weighted by Crippen LogP contribution is -2.27. The van der Waals surface area contributed by atoms with Crippen LogP contribution in [-0.2, 0) is 11.2 Å². The quantitative estimate of drug-likeness (QED) is 0.726. The number of hydrogen-bond acceptors (Lipinski definition) is 4. The normalized spacial score (nSPS) is 10.4. The number of amides is 1. The fourth-order valence-electron chi connectivity index (χ4n) is 2.33. The molecule has 0 aliphatic carbocycles. The van der Waals surface area contributed by atoms with Crippen molar-refractivity contribution in [2.45, 2.75) is 26.7 Å². The van der Waals surface area contributed by atoms with E-state index in [1.807, 2.05) is 31.2 Å². The first-order valence-electron chi connectivity index (χ1n) is 7.74. The van der Waals surface area contributed by atoms with E-state index < -0.39 is 5.97 Å². The Balaban J connectivity index is 1.80. The highest BCUT2D eigenvalue weighted by atomic mass is 16.5. The van der Waals surface area contributed by atoms with Gasteiger partial charge in [-0.1, -0.05) is 18.2 Å². The molecule has 1 aromatic heterocycles. The summed E-state index contributed by atoms with van der Waals surface area (Å²) in [5.41, 5.74) is 1.99. The number of para-hydroxylation sites is 1. The molecular formula is C18H21NO5. The molecule has 0 radical (unpaired) electrons. The number of carbonyl (C=O) groups is 2. The van der Waals surface area contributed by atoms with Gasteiger partial charge in [0, 0.05) is 12.1 Å². The zero-order valence-electron chi connectivity index (χ0n) is 13.8. The Hall–Kier alpha value is -2.76. The van der Waals surface area contributed by atoms with E-state index in [9.17, 15) is 9.59 Å². The second kappa shape index (κ2) is 8.19. The highest BCUT2D eigenvalue weighted by molar-refractivity contribution is 5.97. The standard InChI is InChI=1S/C18H21NO5/c1-12-6-3-4-7-14(12)23-9-5-8-19-18(22)17-13(2)11-24-15(17)10-16(20)21/h3-4,6-7,11H,5,8-10H2,1-2H3,(H,19,22)(H,20,21). The Morgan fingerprint density at radius 3 is 2.67 bits per heavy atom. The van der Waals surface area contributed by atoms with E-state index >= 15 is 0 Å². The number of rotatable bonds is 8. The van der Waals surface area contributed by atoms with E-state index in [0.717, 1.165) is 11.3 Å². The van der Waals surface area contributed by atoms with Crippen LogP contribution in [-0.4, -0.2) is 30.1 Å². The fraction of sp³-hybridized carbons (Fsp3) is 0.333. The van der Waals surface area contributed by atoms with Gasteiger partial charge in [0.2, 0.25) is 0 Å². The minimum atomic E-state index is -1.04. The smallest absolute Gasteiger partial charge is 0.311 e. The molecule has 0 spiro atoms. The van der Waals surface area contributed by atoms with E-state index in [0.29, 0.717) is 30.7 Å². The highest BCUT2D eigenvalue weighted by Gasteiger charge is 2.20. The molecule has 0 fully saturated rings. The molecule has 0 atom stereocenters. The molecule has 6 nitrogen and oxygen atoms in total. The number of carboxylic acid groups (broad SMARTS) is 1. The molecule has 0 aliphatic heterocycles. The van der Waals surface area contributed by atoms with Gasteiger partial charge in [-0.15, -0.1) is 0 Å².